The summed E-state index contributed by atoms with van der Waals surface area (Å²) in [6.45, 7) is 0.680. The fraction of sp³-hybridized carbons (Fsp3) is 0.350. The van der Waals surface area contributed by atoms with Crippen molar-refractivity contribution in [2.45, 2.75) is 25.6 Å². The molecule has 1 aromatic heterocycles. The molecule has 1 unspecified atom stereocenters. The fourth-order valence-corrected chi connectivity index (χ4v) is 2.61. The number of rotatable bonds is 8. The van der Waals surface area contributed by atoms with E-state index in [1.165, 1.54) is 18.3 Å². The second kappa shape index (κ2) is 9.70. The van der Waals surface area contributed by atoms with Crippen molar-refractivity contribution >= 4 is 11.7 Å². The molecule has 2 aromatic rings. The summed E-state index contributed by atoms with van der Waals surface area (Å²) in [7, 11) is 1.59. The van der Waals surface area contributed by atoms with E-state index in [1.54, 1.807) is 31.4 Å². The lowest BCUT2D eigenvalue weighted by atomic mass is 10.2. The second-order valence-corrected chi connectivity index (χ2v) is 6.14. The molecule has 0 aliphatic carbocycles. The van der Waals surface area contributed by atoms with E-state index in [0.717, 1.165) is 25.0 Å². The lowest BCUT2D eigenvalue weighted by molar-refractivity contribution is -0.162. The van der Waals surface area contributed by atoms with Gasteiger partial charge in [0.25, 0.3) is 0 Å². The van der Waals surface area contributed by atoms with Crippen molar-refractivity contribution in [3.05, 3.63) is 53.9 Å². The van der Waals surface area contributed by atoms with Gasteiger partial charge in [0.1, 0.15) is 23.8 Å². The van der Waals surface area contributed by atoms with Gasteiger partial charge in [-0.3, -0.25) is 4.98 Å². The zero-order valence-electron chi connectivity index (χ0n) is 15.5. The summed E-state index contributed by atoms with van der Waals surface area (Å²) in [5.41, 5.74) is 0.841. The number of carboxylic acids is 1. The molecule has 2 heterocycles. The molecule has 1 saturated heterocycles. The average Bonchev–Trinajstić information content (AvgIpc) is 2.75. The first-order valence-electron chi connectivity index (χ1n) is 8.96. The van der Waals surface area contributed by atoms with Gasteiger partial charge in [0.2, 0.25) is 6.29 Å². The first-order valence-corrected chi connectivity index (χ1v) is 8.96. The molecule has 0 saturated carbocycles. The lowest BCUT2D eigenvalue weighted by Gasteiger charge is -2.20. The van der Waals surface area contributed by atoms with Gasteiger partial charge in [0.15, 0.2) is 0 Å². The highest BCUT2D eigenvalue weighted by molar-refractivity contribution is 6.01. The molecule has 0 spiro atoms. The Labute approximate surface area is 162 Å². The molecule has 0 amide bonds. The van der Waals surface area contributed by atoms with E-state index in [4.69, 9.17) is 19.0 Å². The minimum atomic E-state index is -1.05. The number of hydrogen-bond donors (Lipinski definition) is 1. The van der Waals surface area contributed by atoms with Crippen LogP contribution < -0.4 is 9.47 Å². The van der Waals surface area contributed by atoms with E-state index in [-0.39, 0.29) is 12.2 Å². The third kappa shape index (κ3) is 5.43. The van der Waals surface area contributed by atoms with Gasteiger partial charge in [-0.2, -0.15) is 0 Å². The number of methoxy groups -OCH3 is 1. The average molecular weight is 386 g/mol. The Kier molecular flexibility index (Phi) is 6.80. The van der Waals surface area contributed by atoms with Crippen LogP contribution in [0.4, 0.5) is 0 Å². The highest BCUT2D eigenvalue weighted by Crippen LogP contribution is 2.18. The molecule has 0 bridgehead atoms. The van der Waals surface area contributed by atoms with Crippen molar-refractivity contribution in [1.29, 1.82) is 0 Å². The quantitative estimate of drug-likeness (QED) is 0.550. The molecule has 0 radical (unpaired) electrons. The van der Waals surface area contributed by atoms with Gasteiger partial charge in [0.05, 0.1) is 25.0 Å². The first-order chi connectivity index (χ1) is 13.7. The summed E-state index contributed by atoms with van der Waals surface area (Å²) < 4.78 is 16.4. The van der Waals surface area contributed by atoms with E-state index in [2.05, 4.69) is 10.1 Å². The Morgan fingerprint density at radius 2 is 2.04 bits per heavy atom. The van der Waals surface area contributed by atoms with Crippen LogP contribution in [0.5, 0.6) is 11.5 Å². The van der Waals surface area contributed by atoms with Gasteiger partial charge >= 0.3 is 5.97 Å². The van der Waals surface area contributed by atoms with Crippen LogP contribution in [-0.4, -0.2) is 48.4 Å². The van der Waals surface area contributed by atoms with Gasteiger partial charge in [-0.05, 0) is 49.2 Å². The van der Waals surface area contributed by atoms with Gasteiger partial charge in [0, 0.05) is 12.6 Å². The summed E-state index contributed by atoms with van der Waals surface area (Å²) >= 11 is 0. The number of hydrogen-bond acceptors (Lipinski definition) is 7. The smallest absolute Gasteiger partial charge is 0.335 e. The molecule has 1 N–H and O–H groups in total. The lowest BCUT2D eigenvalue weighted by Crippen LogP contribution is -2.22. The number of ether oxygens (including phenoxy) is 3. The third-order valence-electron chi connectivity index (χ3n) is 4.16. The molecule has 8 nitrogen and oxygen atoms in total. The van der Waals surface area contributed by atoms with E-state index >= 15 is 0 Å². The van der Waals surface area contributed by atoms with Gasteiger partial charge < -0.3 is 24.2 Å². The minimum Gasteiger partial charge on any atom is -0.497 e. The molecule has 1 atom stereocenters. The van der Waals surface area contributed by atoms with Crippen molar-refractivity contribution in [3.63, 3.8) is 0 Å². The van der Waals surface area contributed by atoms with Crippen molar-refractivity contribution in [2.75, 3.05) is 20.3 Å². The molecule has 1 aromatic carbocycles. The second-order valence-electron chi connectivity index (χ2n) is 6.14. The SMILES string of the molecule is COc1ccc(OC/C(=N\OC2CCCCO2)c2cc(C(=O)O)ccn2)cc1. The minimum absolute atomic E-state index is 0.0507. The molecule has 1 aliphatic rings. The van der Waals surface area contributed by atoms with Crippen molar-refractivity contribution < 1.29 is 28.9 Å². The predicted molar refractivity (Wildman–Crippen MR) is 101 cm³/mol. The molecule has 1 aliphatic heterocycles. The maximum atomic E-state index is 11.3. The van der Waals surface area contributed by atoms with Gasteiger partial charge in [-0.25, -0.2) is 4.79 Å². The number of benzene rings is 1. The van der Waals surface area contributed by atoms with Crippen LogP contribution in [-0.2, 0) is 9.57 Å². The summed E-state index contributed by atoms with van der Waals surface area (Å²) in [4.78, 5) is 21.0. The Hall–Kier alpha value is -3.13. The Bertz CT molecular complexity index is 816. The van der Waals surface area contributed by atoms with Gasteiger partial charge in [-0.15, -0.1) is 0 Å². The first kappa shape index (κ1) is 19.6. The van der Waals surface area contributed by atoms with Crippen LogP contribution in [0.1, 0.15) is 35.3 Å². The molecule has 1 fully saturated rings. The van der Waals surface area contributed by atoms with E-state index in [1.807, 2.05) is 0 Å². The number of aromatic nitrogens is 1. The number of pyridine rings is 1. The van der Waals surface area contributed by atoms with E-state index < -0.39 is 12.3 Å². The van der Waals surface area contributed by atoms with Crippen molar-refractivity contribution in [1.82, 2.24) is 4.98 Å². The molecule has 28 heavy (non-hydrogen) atoms. The van der Waals surface area contributed by atoms with Crippen LogP contribution in [0.2, 0.25) is 0 Å². The highest BCUT2D eigenvalue weighted by Gasteiger charge is 2.17. The van der Waals surface area contributed by atoms with Gasteiger partial charge in [-0.1, -0.05) is 5.16 Å². The predicted octanol–water partition coefficient (Wildman–Crippen LogP) is 3.11. The number of aromatic carboxylic acids is 1. The summed E-state index contributed by atoms with van der Waals surface area (Å²) in [6, 6.07) is 9.94. The standard InChI is InChI=1S/C20H22N2O6/c1-25-15-5-7-16(8-6-15)27-13-18(22-28-19-4-2-3-11-26-19)17-12-14(20(23)24)9-10-21-17/h5-10,12,19H,2-4,11,13H2,1H3,(H,23,24)/b22-18+. The monoisotopic (exact) mass is 386 g/mol. The van der Waals surface area contributed by atoms with Crippen LogP contribution >= 0.6 is 0 Å². The fourth-order valence-electron chi connectivity index (χ4n) is 2.61. The molecule has 148 valence electrons. The molecular formula is C20H22N2O6. The number of carboxylic acid groups (broad SMARTS) is 1. The number of nitrogens with zero attached hydrogens (tertiary/aromatic N) is 2. The summed E-state index contributed by atoms with van der Waals surface area (Å²) in [5.74, 6) is 0.280. The van der Waals surface area contributed by atoms with E-state index in [9.17, 15) is 9.90 Å². The van der Waals surface area contributed by atoms with Crippen molar-refractivity contribution in [3.8, 4) is 11.5 Å². The molecule has 3 rings (SSSR count). The summed E-state index contributed by atoms with van der Waals surface area (Å²) in [5, 5.41) is 13.4. The Balaban J connectivity index is 1.76. The number of oxime groups is 1. The van der Waals surface area contributed by atoms with E-state index in [0.29, 0.717) is 23.8 Å². The largest absolute Gasteiger partial charge is 0.497 e. The summed E-state index contributed by atoms with van der Waals surface area (Å²) in [6.07, 6.45) is 3.74. The number of carbonyl (C=O) groups is 1. The highest BCUT2D eigenvalue weighted by atomic mass is 16.8. The van der Waals surface area contributed by atoms with Crippen LogP contribution in [0.15, 0.2) is 47.8 Å². The molecule has 8 heteroatoms. The normalized spacial score (nSPS) is 17.0. The maximum absolute atomic E-state index is 11.3. The van der Waals surface area contributed by atoms with Crippen LogP contribution in [0.3, 0.4) is 0 Å². The maximum Gasteiger partial charge on any atom is 0.335 e. The van der Waals surface area contributed by atoms with Crippen molar-refractivity contribution in [2.24, 2.45) is 5.16 Å². The van der Waals surface area contributed by atoms with Crippen LogP contribution in [0, 0.1) is 0 Å². The Morgan fingerprint density at radius 1 is 1.25 bits per heavy atom. The van der Waals surface area contributed by atoms with Crippen LogP contribution in [0.25, 0.3) is 0 Å². The topological polar surface area (TPSA) is 99.5 Å². The molecular weight excluding hydrogens is 364 g/mol. The zero-order valence-corrected chi connectivity index (χ0v) is 15.5. The zero-order chi connectivity index (χ0) is 19.8. The Morgan fingerprint density at radius 3 is 2.71 bits per heavy atom. The third-order valence-corrected chi connectivity index (χ3v) is 4.16.